The van der Waals surface area contributed by atoms with Gasteiger partial charge in [-0.2, -0.15) is 5.26 Å². The van der Waals surface area contributed by atoms with Gasteiger partial charge in [-0.15, -0.1) is 0 Å². The molecule has 1 aliphatic rings. The van der Waals surface area contributed by atoms with Gasteiger partial charge in [0.1, 0.15) is 10.9 Å². The van der Waals surface area contributed by atoms with Gasteiger partial charge < -0.3 is 10.4 Å². The molecule has 18 heavy (non-hydrogen) atoms. The summed E-state index contributed by atoms with van der Waals surface area (Å²) in [4.78, 5) is 4.53. The van der Waals surface area contributed by atoms with Crippen LogP contribution in [0.3, 0.4) is 0 Å². The number of aliphatic hydroxyl groups is 1. The van der Waals surface area contributed by atoms with Crippen molar-refractivity contribution >= 4 is 28.1 Å². The van der Waals surface area contributed by atoms with Gasteiger partial charge in [-0.3, -0.25) is 0 Å². The third-order valence-corrected chi connectivity index (χ3v) is 4.85. The first-order valence-electron chi connectivity index (χ1n) is 6.10. The fourth-order valence-electron chi connectivity index (χ4n) is 2.40. The second-order valence-corrected chi connectivity index (χ2v) is 6.18. The van der Waals surface area contributed by atoms with E-state index in [0.29, 0.717) is 16.6 Å². The molecule has 0 aliphatic heterocycles. The third-order valence-electron chi connectivity index (χ3n) is 3.55. The van der Waals surface area contributed by atoms with E-state index in [1.807, 2.05) is 6.07 Å². The molecule has 0 saturated heterocycles. The molecule has 0 radical (unpaired) electrons. The highest BCUT2D eigenvalue weighted by molar-refractivity contribution is 7.16. The maximum Gasteiger partial charge on any atom is 0.185 e. The number of hydrogen-bond acceptors (Lipinski definition) is 5. The van der Waals surface area contributed by atoms with Crippen LogP contribution < -0.4 is 5.32 Å². The van der Waals surface area contributed by atoms with Gasteiger partial charge in [0.2, 0.25) is 0 Å². The van der Waals surface area contributed by atoms with E-state index in [0.717, 1.165) is 12.8 Å². The lowest BCUT2D eigenvalue weighted by molar-refractivity contribution is 0.0944. The van der Waals surface area contributed by atoms with Gasteiger partial charge in [-0.1, -0.05) is 42.2 Å². The Morgan fingerprint density at radius 1 is 1.44 bits per heavy atom. The van der Waals surface area contributed by atoms with Crippen LogP contribution in [-0.2, 0) is 0 Å². The van der Waals surface area contributed by atoms with Crippen LogP contribution in [0.1, 0.15) is 37.0 Å². The second-order valence-electron chi connectivity index (χ2n) is 4.82. The lowest BCUT2D eigenvalue weighted by atomic mass is 9.74. The summed E-state index contributed by atoms with van der Waals surface area (Å²) in [6, 6.07) is 2.01. The molecular weight excluding hydrogens is 270 g/mol. The molecule has 1 heterocycles. The van der Waals surface area contributed by atoms with Crippen molar-refractivity contribution in [1.82, 2.24) is 4.98 Å². The van der Waals surface area contributed by atoms with Gasteiger partial charge >= 0.3 is 0 Å². The molecule has 1 saturated carbocycles. The van der Waals surface area contributed by atoms with Crippen molar-refractivity contribution in [2.24, 2.45) is 5.41 Å². The van der Waals surface area contributed by atoms with Crippen LogP contribution in [0.5, 0.6) is 0 Å². The maximum atomic E-state index is 9.59. The Hall–Kier alpha value is -0.830. The van der Waals surface area contributed by atoms with Crippen LogP contribution in [0.15, 0.2) is 0 Å². The topological polar surface area (TPSA) is 68.9 Å². The van der Waals surface area contributed by atoms with Crippen molar-refractivity contribution in [3.8, 4) is 6.07 Å². The molecule has 0 atom stereocenters. The van der Waals surface area contributed by atoms with E-state index in [1.165, 1.54) is 30.6 Å². The standard InChI is InChI=1S/C12H16ClN3OS/c13-10-9(6-14)18-11(16-10)15-7-12(8-17)4-2-1-3-5-12/h17H,1-5,7-8H2,(H,15,16). The normalized spacial score (nSPS) is 18.3. The van der Waals surface area contributed by atoms with Crippen LogP contribution in [0.25, 0.3) is 0 Å². The quantitative estimate of drug-likeness (QED) is 0.892. The SMILES string of the molecule is N#Cc1sc(NCC2(CO)CCCCC2)nc1Cl. The summed E-state index contributed by atoms with van der Waals surface area (Å²) in [6.07, 6.45) is 5.68. The molecule has 98 valence electrons. The summed E-state index contributed by atoms with van der Waals surface area (Å²) in [5.74, 6) is 0. The average molecular weight is 286 g/mol. The molecule has 0 unspecified atom stereocenters. The van der Waals surface area contributed by atoms with Crippen LogP contribution in [-0.4, -0.2) is 23.2 Å². The number of thiazole rings is 1. The Kier molecular flexibility index (Phi) is 4.44. The molecule has 1 aliphatic carbocycles. The van der Waals surface area contributed by atoms with Crippen LogP contribution in [0.2, 0.25) is 5.15 Å². The number of aromatic nitrogens is 1. The van der Waals surface area contributed by atoms with Crippen molar-refractivity contribution in [3.05, 3.63) is 10.0 Å². The lowest BCUT2D eigenvalue weighted by Gasteiger charge is -2.35. The number of halogens is 1. The van der Waals surface area contributed by atoms with Gasteiger partial charge in [-0.05, 0) is 12.8 Å². The molecule has 1 aromatic rings. The summed E-state index contributed by atoms with van der Waals surface area (Å²) in [7, 11) is 0. The summed E-state index contributed by atoms with van der Waals surface area (Å²) in [6.45, 7) is 0.891. The number of nitrogens with one attached hydrogen (secondary N) is 1. The predicted molar refractivity (Wildman–Crippen MR) is 72.9 cm³/mol. The number of nitriles is 1. The van der Waals surface area contributed by atoms with E-state index in [2.05, 4.69) is 10.3 Å². The molecule has 4 nitrogen and oxygen atoms in total. The monoisotopic (exact) mass is 285 g/mol. The minimum atomic E-state index is -0.0385. The minimum absolute atomic E-state index is 0.0385. The number of hydrogen-bond donors (Lipinski definition) is 2. The highest BCUT2D eigenvalue weighted by Crippen LogP contribution is 2.36. The fourth-order valence-corrected chi connectivity index (χ4v) is 3.34. The molecule has 0 spiro atoms. The van der Waals surface area contributed by atoms with Gasteiger partial charge in [-0.25, -0.2) is 4.98 Å². The van der Waals surface area contributed by atoms with E-state index in [1.54, 1.807) is 0 Å². The lowest BCUT2D eigenvalue weighted by Crippen LogP contribution is -2.35. The minimum Gasteiger partial charge on any atom is -0.396 e. The van der Waals surface area contributed by atoms with Crippen molar-refractivity contribution in [2.75, 3.05) is 18.5 Å². The molecule has 2 rings (SSSR count). The summed E-state index contributed by atoms with van der Waals surface area (Å²) in [5, 5.41) is 22.5. The van der Waals surface area contributed by atoms with E-state index >= 15 is 0 Å². The highest BCUT2D eigenvalue weighted by Gasteiger charge is 2.31. The van der Waals surface area contributed by atoms with Crippen LogP contribution in [0.4, 0.5) is 5.13 Å². The molecule has 2 N–H and O–H groups in total. The fraction of sp³-hybridized carbons (Fsp3) is 0.667. The number of nitrogens with zero attached hydrogens (tertiary/aromatic N) is 2. The Morgan fingerprint density at radius 2 is 2.17 bits per heavy atom. The van der Waals surface area contributed by atoms with E-state index in [-0.39, 0.29) is 17.2 Å². The van der Waals surface area contributed by atoms with Crippen LogP contribution in [0, 0.1) is 16.7 Å². The van der Waals surface area contributed by atoms with E-state index < -0.39 is 0 Å². The van der Waals surface area contributed by atoms with Gasteiger partial charge in [0.05, 0.1) is 6.61 Å². The smallest absolute Gasteiger partial charge is 0.185 e. The first-order valence-corrected chi connectivity index (χ1v) is 7.30. The Morgan fingerprint density at radius 3 is 2.72 bits per heavy atom. The number of aliphatic hydroxyl groups excluding tert-OH is 1. The largest absolute Gasteiger partial charge is 0.396 e. The number of rotatable bonds is 4. The zero-order valence-corrected chi connectivity index (χ0v) is 11.7. The van der Waals surface area contributed by atoms with Crippen molar-refractivity contribution in [3.63, 3.8) is 0 Å². The van der Waals surface area contributed by atoms with Gasteiger partial charge in [0.15, 0.2) is 10.3 Å². The molecule has 0 aromatic carbocycles. The Labute approximate surface area is 116 Å². The maximum absolute atomic E-state index is 9.59. The van der Waals surface area contributed by atoms with Crippen molar-refractivity contribution in [1.29, 1.82) is 5.26 Å². The van der Waals surface area contributed by atoms with Crippen molar-refractivity contribution < 1.29 is 5.11 Å². The van der Waals surface area contributed by atoms with Crippen molar-refractivity contribution in [2.45, 2.75) is 32.1 Å². The average Bonchev–Trinajstić information content (AvgIpc) is 2.78. The molecule has 6 heteroatoms. The van der Waals surface area contributed by atoms with E-state index in [9.17, 15) is 5.11 Å². The molecule has 1 fully saturated rings. The Balaban J connectivity index is 1.99. The second kappa shape index (κ2) is 5.87. The summed E-state index contributed by atoms with van der Waals surface area (Å²) >= 11 is 7.08. The third kappa shape index (κ3) is 2.94. The van der Waals surface area contributed by atoms with Gasteiger partial charge in [0.25, 0.3) is 0 Å². The zero-order valence-electron chi connectivity index (χ0n) is 10.1. The number of anilines is 1. The first-order chi connectivity index (χ1) is 8.69. The van der Waals surface area contributed by atoms with Crippen LogP contribution >= 0.6 is 22.9 Å². The highest BCUT2D eigenvalue weighted by atomic mass is 35.5. The zero-order chi connectivity index (χ0) is 13.0. The molecule has 1 aromatic heterocycles. The Bertz CT molecular complexity index is 449. The van der Waals surface area contributed by atoms with E-state index in [4.69, 9.17) is 16.9 Å². The summed E-state index contributed by atoms with van der Waals surface area (Å²) < 4.78 is 0. The predicted octanol–water partition coefficient (Wildman–Crippen LogP) is 3.02. The molecule has 0 amide bonds. The first kappa shape index (κ1) is 13.6. The summed E-state index contributed by atoms with van der Waals surface area (Å²) in [5.41, 5.74) is -0.0385. The molecular formula is C12H16ClN3OS. The molecule has 0 bridgehead atoms. The van der Waals surface area contributed by atoms with Gasteiger partial charge in [0, 0.05) is 12.0 Å².